The molecule has 0 unspecified atom stereocenters. The summed E-state index contributed by atoms with van der Waals surface area (Å²) in [6, 6.07) is 6.61. The van der Waals surface area contributed by atoms with E-state index < -0.39 is 0 Å². The molecular formula is C16H24N2O. The quantitative estimate of drug-likeness (QED) is 0.880. The van der Waals surface area contributed by atoms with E-state index in [1.807, 2.05) is 0 Å². The van der Waals surface area contributed by atoms with Gasteiger partial charge in [-0.05, 0) is 43.7 Å². The van der Waals surface area contributed by atoms with E-state index in [2.05, 4.69) is 42.5 Å². The second-order valence-electron chi connectivity index (χ2n) is 6.13. The first-order valence-corrected chi connectivity index (χ1v) is 7.34. The van der Waals surface area contributed by atoms with Gasteiger partial charge in [0.1, 0.15) is 5.75 Å². The summed E-state index contributed by atoms with van der Waals surface area (Å²) in [5, 5.41) is 3.36. The van der Waals surface area contributed by atoms with Gasteiger partial charge in [-0.1, -0.05) is 6.42 Å². The van der Waals surface area contributed by atoms with Crippen LogP contribution in [0.3, 0.4) is 0 Å². The Bertz CT molecular complexity index is 454. The van der Waals surface area contributed by atoms with Crippen LogP contribution >= 0.6 is 0 Å². The number of fused-ring (bicyclic) bond motifs is 1. The lowest BCUT2D eigenvalue weighted by Crippen LogP contribution is -2.47. The number of nitrogens with one attached hydrogen (secondary N) is 1. The van der Waals surface area contributed by atoms with E-state index >= 15 is 0 Å². The molecule has 1 aliphatic heterocycles. The van der Waals surface area contributed by atoms with Gasteiger partial charge < -0.3 is 15.0 Å². The Balaban J connectivity index is 1.71. The number of rotatable bonds is 5. The Morgan fingerprint density at radius 3 is 2.89 bits per heavy atom. The smallest absolute Gasteiger partial charge is 0.122 e. The van der Waals surface area contributed by atoms with Crippen LogP contribution in [0, 0.1) is 5.41 Å². The highest BCUT2D eigenvalue weighted by molar-refractivity contribution is 5.54. The second kappa shape index (κ2) is 5.04. The van der Waals surface area contributed by atoms with Gasteiger partial charge in [0.05, 0.1) is 6.61 Å². The number of hydrogen-bond donors (Lipinski definition) is 1. The van der Waals surface area contributed by atoms with Crippen LogP contribution in [-0.4, -0.2) is 33.8 Å². The van der Waals surface area contributed by atoms with Crippen molar-refractivity contribution in [2.45, 2.75) is 25.7 Å². The van der Waals surface area contributed by atoms with E-state index in [1.54, 1.807) is 0 Å². The molecule has 1 N–H and O–H groups in total. The van der Waals surface area contributed by atoms with Crippen LogP contribution < -0.4 is 15.0 Å². The Kier molecular flexibility index (Phi) is 3.40. The molecule has 0 saturated heterocycles. The lowest BCUT2D eigenvalue weighted by Gasteiger charge is -2.45. The largest absolute Gasteiger partial charge is 0.493 e. The van der Waals surface area contributed by atoms with Crippen molar-refractivity contribution in [3.8, 4) is 5.75 Å². The minimum atomic E-state index is 0.485. The predicted octanol–water partition coefficient (Wildman–Crippen LogP) is 2.45. The predicted molar refractivity (Wildman–Crippen MR) is 79.1 cm³/mol. The minimum absolute atomic E-state index is 0.485. The highest BCUT2D eigenvalue weighted by Crippen LogP contribution is 2.41. The van der Waals surface area contributed by atoms with E-state index in [9.17, 15) is 0 Å². The summed E-state index contributed by atoms with van der Waals surface area (Å²) in [6.07, 6.45) is 5.14. The summed E-state index contributed by atoms with van der Waals surface area (Å²) in [5.74, 6) is 1.07. The Morgan fingerprint density at radius 2 is 2.21 bits per heavy atom. The molecule has 0 aromatic heterocycles. The monoisotopic (exact) mass is 260 g/mol. The van der Waals surface area contributed by atoms with Gasteiger partial charge in [-0.3, -0.25) is 0 Å². The van der Waals surface area contributed by atoms with E-state index in [-0.39, 0.29) is 0 Å². The Hall–Kier alpha value is -1.22. The number of ether oxygens (including phenoxy) is 1. The van der Waals surface area contributed by atoms with Gasteiger partial charge in [0, 0.05) is 37.7 Å². The highest BCUT2D eigenvalue weighted by atomic mass is 16.5. The van der Waals surface area contributed by atoms with Gasteiger partial charge in [0.2, 0.25) is 0 Å². The van der Waals surface area contributed by atoms with Crippen molar-refractivity contribution in [1.29, 1.82) is 0 Å². The molecule has 104 valence electrons. The first-order valence-electron chi connectivity index (χ1n) is 7.34. The third-order valence-corrected chi connectivity index (χ3v) is 4.65. The molecule has 1 heterocycles. The van der Waals surface area contributed by atoms with Gasteiger partial charge in [0.15, 0.2) is 0 Å². The minimum Gasteiger partial charge on any atom is -0.493 e. The summed E-state index contributed by atoms with van der Waals surface area (Å²) < 4.78 is 5.58. The third-order valence-electron chi connectivity index (χ3n) is 4.65. The highest BCUT2D eigenvalue weighted by Gasteiger charge is 2.37. The molecule has 3 nitrogen and oxygen atoms in total. The maximum Gasteiger partial charge on any atom is 0.122 e. The number of benzene rings is 1. The Labute approximate surface area is 115 Å². The molecule has 2 aliphatic rings. The van der Waals surface area contributed by atoms with Crippen LogP contribution in [0.4, 0.5) is 5.69 Å². The third kappa shape index (κ3) is 2.44. The van der Waals surface area contributed by atoms with Crippen LogP contribution in [0.25, 0.3) is 0 Å². The van der Waals surface area contributed by atoms with Gasteiger partial charge >= 0.3 is 0 Å². The van der Waals surface area contributed by atoms with Crippen molar-refractivity contribution in [2.75, 3.05) is 38.7 Å². The molecule has 1 aromatic carbocycles. The van der Waals surface area contributed by atoms with Crippen LogP contribution in [0.2, 0.25) is 0 Å². The summed E-state index contributed by atoms with van der Waals surface area (Å²) in [6.45, 7) is 3.12. The lowest BCUT2D eigenvalue weighted by molar-refractivity contribution is 0.143. The van der Waals surface area contributed by atoms with Crippen LogP contribution in [0.5, 0.6) is 5.75 Å². The molecule has 0 bridgehead atoms. The summed E-state index contributed by atoms with van der Waals surface area (Å²) >= 11 is 0. The standard InChI is InChI=1S/C16H24N2O/c1-17-11-16(7-3-8-16)12-18(2)14-4-5-15-13(10-14)6-9-19-15/h4-5,10,17H,3,6-9,11-12H2,1-2H3. The van der Waals surface area contributed by atoms with Gasteiger partial charge in [-0.2, -0.15) is 0 Å². The fourth-order valence-electron chi connectivity index (χ4n) is 3.45. The van der Waals surface area contributed by atoms with Crippen LogP contribution in [0.15, 0.2) is 18.2 Å². The zero-order chi connectivity index (χ0) is 13.3. The number of hydrogen-bond acceptors (Lipinski definition) is 3. The van der Waals surface area contributed by atoms with Gasteiger partial charge in [-0.15, -0.1) is 0 Å². The summed E-state index contributed by atoms with van der Waals surface area (Å²) in [4.78, 5) is 2.41. The molecule has 1 aliphatic carbocycles. The first-order chi connectivity index (χ1) is 9.22. The zero-order valence-electron chi connectivity index (χ0n) is 12.0. The molecule has 1 fully saturated rings. The van der Waals surface area contributed by atoms with Gasteiger partial charge in [-0.25, -0.2) is 0 Å². The molecule has 3 heteroatoms. The number of nitrogens with zero attached hydrogens (tertiary/aromatic N) is 1. The van der Waals surface area contributed by atoms with Crippen LogP contribution in [-0.2, 0) is 6.42 Å². The van der Waals surface area contributed by atoms with E-state index in [0.717, 1.165) is 31.9 Å². The normalized spacial score (nSPS) is 19.5. The summed E-state index contributed by atoms with van der Waals surface area (Å²) in [5.41, 5.74) is 3.17. The number of anilines is 1. The zero-order valence-corrected chi connectivity index (χ0v) is 12.0. The first kappa shape index (κ1) is 12.8. The molecule has 1 aromatic rings. The van der Waals surface area contributed by atoms with Crippen molar-refractivity contribution >= 4 is 5.69 Å². The lowest BCUT2D eigenvalue weighted by atomic mass is 9.68. The van der Waals surface area contributed by atoms with E-state index in [4.69, 9.17) is 4.74 Å². The van der Waals surface area contributed by atoms with Crippen molar-refractivity contribution < 1.29 is 4.74 Å². The maximum atomic E-state index is 5.58. The topological polar surface area (TPSA) is 24.5 Å². The maximum absolute atomic E-state index is 5.58. The summed E-state index contributed by atoms with van der Waals surface area (Å²) in [7, 11) is 4.28. The fourth-order valence-corrected chi connectivity index (χ4v) is 3.45. The molecule has 3 rings (SSSR count). The molecule has 0 spiro atoms. The molecule has 0 atom stereocenters. The van der Waals surface area contributed by atoms with Gasteiger partial charge in [0.25, 0.3) is 0 Å². The Morgan fingerprint density at radius 1 is 1.37 bits per heavy atom. The van der Waals surface area contributed by atoms with Crippen molar-refractivity contribution in [2.24, 2.45) is 5.41 Å². The molecular weight excluding hydrogens is 236 g/mol. The molecule has 1 saturated carbocycles. The molecule has 19 heavy (non-hydrogen) atoms. The second-order valence-corrected chi connectivity index (χ2v) is 6.13. The average molecular weight is 260 g/mol. The van der Waals surface area contributed by atoms with E-state index in [0.29, 0.717) is 5.41 Å². The SMILES string of the molecule is CNCC1(CN(C)c2ccc3c(c2)CCO3)CCC1. The van der Waals surface area contributed by atoms with E-state index in [1.165, 1.54) is 30.5 Å². The van der Waals surface area contributed by atoms with Crippen molar-refractivity contribution in [3.63, 3.8) is 0 Å². The van der Waals surface area contributed by atoms with Crippen molar-refractivity contribution in [1.82, 2.24) is 5.32 Å². The fraction of sp³-hybridized carbons (Fsp3) is 0.625. The van der Waals surface area contributed by atoms with Crippen LogP contribution in [0.1, 0.15) is 24.8 Å². The molecule has 0 radical (unpaired) electrons. The molecule has 0 amide bonds. The average Bonchev–Trinajstić information content (AvgIpc) is 2.83. The van der Waals surface area contributed by atoms with Crippen molar-refractivity contribution in [3.05, 3.63) is 23.8 Å².